The molecule has 0 spiro atoms. The third kappa shape index (κ3) is 5.31. The molecule has 0 fully saturated rings. The molecule has 1 rings (SSSR count). The van der Waals surface area contributed by atoms with Gasteiger partial charge in [0.1, 0.15) is 0 Å². The van der Waals surface area contributed by atoms with Crippen LogP contribution in [0.25, 0.3) is 0 Å². The van der Waals surface area contributed by atoms with E-state index in [9.17, 15) is 0 Å². The Hall–Kier alpha value is -0.900. The topological polar surface area (TPSA) is 42.2 Å². The Morgan fingerprint density at radius 1 is 1.06 bits per heavy atom. The van der Waals surface area contributed by atoms with Crippen molar-refractivity contribution in [3.05, 3.63) is 11.7 Å². The predicted molar refractivity (Wildman–Crippen MR) is 68.8 cm³/mol. The molecule has 0 saturated carbocycles. The average Bonchev–Trinajstić information content (AvgIpc) is 2.80. The van der Waals surface area contributed by atoms with Crippen molar-refractivity contribution < 1.29 is 4.52 Å². The summed E-state index contributed by atoms with van der Waals surface area (Å²) in [5, 5.41) is 3.94. The van der Waals surface area contributed by atoms with Crippen molar-refractivity contribution in [3.8, 4) is 0 Å². The molecule has 0 bridgehead atoms. The highest BCUT2D eigenvalue weighted by molar-refractivity contribution is 4.85. The Morgan fingerprint density at radius 2 is 1.71 bits per heavy atom. The highest BCUT2D eigenvalue weighted by atomic mass is 16.5. The minimum absolute atomic E-state index is 0.758. The number of unbranched alkanes of at least 4 members (excludes halogenated alkanes) is 2. The molecule has 1 aromatic heterocycles. The Morgan fingerprint density at radius 3 is 2.18 bits per heavy atom. The van der Waals surface area contributed by atoms with E-state index < -0.39 is 0 Å². The molecule has 0 N–H and O–H groups in total. The van der Waals surface area contributed by atoms with Gasteiger partial charge in [0.2, 0.25) is 5.89 Å². The molecule has 0 aliphatic heterocycles. The quantitative estimate of drug-likeness (QED) is 0.664. The Bertz CT molecular complexity index is 291. The molecule has 17 heavy (non-hydrogen) atoms. The van der Waals surface area contributed by atoms with Crippen LogP contribution in [0.15, 0.2) is 4.52 Å². The summed E-state index contributed by atoms with van der Waals surface area (Å²) in [6, 6.07) is 0. The third-order valence-electron chi connectivity index (χ3n) is 2.84. The fourth-order valence-electron chi connectivity index (χ4n) is 1.72. The van der Waals surface area contributed by atoms with E-state index in [-0.39, 0.29) is 0 Å². The van der Waals surface area contributed by atoms with E-state index in [0.717, 1.165) is 37.8 Å². The van der Waals surface area contributed by atoms with Crippen molar-refractivity contribution in [2.75, 3.05) is 13.1 Å². The lowest BCUT2D eigenvalue weighted by atomic mass is 10.2. The maximum absolute atomic E-state index is 5.24. The second-order valence-corrected chi connectivity index (χ2v) is 4.44. The Labute approximate surface area is 104 Å². The van der Waals surface area contributed by atoms with Gasteiger partial charge < -0.3 is 4.52 Å². The van der Waals surface area contributed by atoms with Gasteiger partial charge in [-0.2, -0.15) is 4.98 Å². The summed E-state index contributed by atoms with van der Waals surface area (Å²) in [6.07, 6.45) is 5.77. The molecule has 0 amide bonds. The molecule has 0 aliphatic rings. The van der Waals surface area contributed by atoms with Gasteiger partial charge >= 0.3 is 0 Å². The maximum Gasteiger partial charge on any atom is 0.240 e. The van der Waals surface area contributed by atoms with Crippen LogP contribution in [0.3, 0.4) is 0 Å². The van der Waals surface area contributed by atoms with Crippen molar-refractivity contribution >= 4 is 0 Å². The zero-order valence-electron chi connectivity index (χ0n) is 11.4. The summed E-state index contributed by atoms with van der Waals surface area (Å²) in [5.74, 6) is 1.57. The summed E-state index contributed by atoms with van der Waals surface area (Å²) in [4.78, 5) is 6.78. The zero-order chi connectivity index (χ0) is 12.5. The number of aromatic nitrogens is 2. The lowest BCUT2D eigenvalue weighted by molar-refractivity contribution is 0.220. The lowest BCUT2D eigenvalue weighted by Gasteiger charge is -2.19. The van der Waals surface area contributed by atoms with Crippen LogP contribution in [-0.4, -0.2) is 28.1 Å². The van der Waals surface area contributed by atoms with Gasteiger partial charge in [0.25, 0.3) is 0 Å². The molecule has 4 heteroatoms. The van der Waals surface area contributed by atoms with Crippen LogP contribution in [-0.2, 0) is 13.0 Å². The van der Waals surface area contributed by atoms with Crippen LogP contribution < -0.4 is 0 Å². The second kappa shape index (κ2) is 8.23. The molecule has 0 saturated heterocycles. The molecule has 0 aromatic carbocycles. The van der Waals surface area contributed by atoms with Crippen LogP contribution in [0.2, 0.25) is 0 Å². The zero-order valence-corrected chi connectivity index (χ0v) is 11.4. The van der Waals surface area contributed by atoms with E-state index in [1.54, 1.807) is 0 Å². The number of hydrogen-bond donors (Lipinski definition) is 0. The Balaban J connectivity index is 2.45. The van der Waals surface area contributed by atoms with Crippen molar-refractivity contribution in [2.45, 2.75) is 59.4 Å². The van der Waals surface area contributed by atoms with Gasteiger partial charge in [0.05, 0.1) is 6.54 Å². The first-order valence-electron chi connectivity index (χ1n) is 6.83. The lowest BCUT2D eigenvalue weighted by Crippen LogP contribution is -2.25. The minimum Gasteiger partial charge on any atom is -0.338 e. The molecule has 1 heterocycles. The fraction of sp³-hybridized carbons (Fsp3) is 0.846. The molecule has 98 valence electrons. The smallest absolute Gasteiger partial charge is 0.240 e. The van der Waals surface area contributed by atoms with Crippen molar-refractivity contribution in [1.29, 1.82) is 0 Å². The van der Waals surface area contributed by atoms with Gasteiger partial charge in [0, 0.05) is 6.42 Å². The molecule has 0 unspecified atom stereocenters. The number of aryl methyl sites for hydroxylation is 1. The van der Waals surface area contributed by atoms with E-state index in [1.807, 2.05) is 6.92 Å². The van der Waals surface area contributed by atoms with Crippen LogP contribution in [0, 0.1) is 0 Å². The number of rotatable bonds is 9. The van der Waals surface area contributed by atoms with Gasteiger partial charge in [-0.15, -0.1) is 0 Å². The van der Waals surface area contributed by atoms with Crippen LogP contribution >= 0.6 is 0 Å². The first-order chi connectivity index (χ1) is 8.30. The predicted octanol–water partition coefficient (Wildman–Crippen LogP) is 3.03. The van der Waals surface area contributed by atoms with Gasteiger partial charge in [0.15, 0.2) is 5.82 Å². The first-order valence-corrected chi connectivity index (χ1v) is 6.83. The summed E-state index contributed by atoms with van der Waals surface area (Å²) in [7, 11) is 0. The molecule has 4 nitrogen and oxygen atoms in total. The van der Waals surface area contributed by atoms with E-state index >= 15 is 0 Å². The molecular formula is C13H25N3O. The summed E-state index contributed by atoms with van der Waals surface area (Å²) in [6.45, 7) is 9.54. The third-order valence-corrected chi connectivity index (χ3v) is 2.84. The van der Waals surface area contributed by atoms with Crippen LogP contribution in [0.4, 0.5) is 0 Å². The molecule has 0 aliphatic carbocycles. The van der Waals surface area contributed by atoms with Gasteiger partial charge in [-0.1, -0.05) is 38.8 Å². The SMILES string of the molecule is CCCCN(CCCC)Cc1nc(CC)no1. The number of hydrogen-bond acceptors (Lipinski definition) is 4. The van der Waals surface area contributed by atoms with Gasteiger partial charge in [-0.3, -0.25) is 4.90 Å². The van der Waals surface area contributed by atoms with Crippen molar-refractivity contribution in [3.63, 3.8) is 0 Å². The van der Waals surface area contributed by atoms with Crippen LogP contribution in [0.1, 0.15) is 58.2 Å². The van der Waals surface area contributed by atoms with E-state index in [2.05, 4.69) is 28.9 Å². The molecular weight excluding hydrogens is 214 g/mol. The standard InChI is InChI=1S/C13H25N3O/c1-4-7-9-16(10-8-5-2)11-13-14-12(6-3)15-17-13/h4-11H2,1-3H3. The van der Waals surface area contributed by atoms with Crippen LogP contribution in [0.5, 0.6) is 0 Å². The average molecular weight is 239 g/mol. The summed E-state index contributed by atoms with van der Waals surface area (Å²) >= 11 is 0. The second-order valence-electron chi connectivity index (χ2n) is 4.44. The first kappa shape index (κ1) is 14.2. The minimum atomic E-state index is 0.758. The highest BCUT2D eigenvalue weighted by Crippen LogP contribution is 2.06. The summed E-state index contributed by atoms with van der Waals surface area (Å²) in [5.41, 5.74) is 0. The van der Waals surface area contributed by atoms with Crippen molar-refractivity contribution in [2.24, 2.45) is 0 Å². The van der Waals surface area contributed by atoms with Gasteiger partial charge in [-0.25, -0.2) is 0 Å². The van der Waals surface area contributed by atoms with E-state index in [1.165, 1.54) is 25.7 Å². The Kier molecular flexibility index (Phi) is 6.86. The highest BCUT2D eigenvalue weighted by Gasteiger charge is 2.10. The molecule has 0 atom stereocenters. The summed E-state index contributed by atoms with van der Waals surface area (Å²) < 4.78 is 5.24. The monoisotopic (exact) mass is 239 g/mol. The van der Waals surface area contributed by atoms with Gasteiger partial charge in [-0.05, 0) is 25.9 Å². The number of nitrogens with zero attached hydrogens (tertiary/aromatic N) is 3. The molecule has 0 radical (unpaired) electrons. The largest absolute Gasteiger partial charge is 0.338 e. The normalized spacial score (nSPS) is 11.3. The maximum atomic E-state index is 5.24. The van der Waals surface area contributed by atoms with E-state index in [4.69, 9.17) is 4.52 Å². The molecule has 1 aromatic rings. The fourth-order valence-corrected chi connectivity index (χ4v) is 1.72. The van der Waals surface area contributed by atoms with E-state index in [0.29, 0.717) is 0 Å². The van der Waals surface area contributed by atoms with Crippen molar-refractivity contribution in [1.82, 2.24) is 15.0 Å².